The lowest BCUT2D eigenvalue weighted by atomic mass is 9.99. The molecule has 109 heavy (non-hydrogen) atoms. The molecular formula is C67H106N16O25S. The van der Waals surface area contributed by atoms with Crippen molar-refractivity contribution in [3.8, 4) is 5.75 Å². The largest absolute Gasteiger partial charge is 0.508 e. The number of phenols is 1. The lowest BCUT2D eigenvalue weighted by Gasteiger charge is -2.29. The number of rotatable bonds is 55. The summed E-state index contributed by atoms with van der Waals surface area (Å²) in [6.45, 7) is 9.98. The number of aliphatic carboxylic acids is 6. The van der Waals surface area contributed by atoms with E-state index < -0.39 is 256 Å². The van der Waals surface area contributed by atoms with Crippen LogP contribution in [0.25, 0.3) is 0 Å². The highest BCUT2D eigenvalue weighted by Gasteiger charge is 2.38. The van der Waals surface area contributed by atoms with Crippen LogP contribution in [0.4, 0.5) is 0 Å². The van der Waals surface area contributed by atoms with Crippen LogP contribution in [0.5, 0.6) is 5.75 Å². The number of nitrogens with two attached hydrogens (primary N) is 4. The first kappa shape index (κ1) is 96.1. The SMILES string of the molecule is CSCC[C@H](NC(=O)[C@H](CC(C)C)NC(=O)[C@H](CCC(=O)O)NC(=O)[C@@H](N)CCC(=O)O)C(=O)N[C@@H](CC(C)C)C(=O)N[C@@H](CCCN=C(N)N)C(=O)N[C@@H](CC(C)C)C(=O)N[C@@H](CCC(N)=O)C(=O)N[C@@H](CC(=O)O)C(=O)N[C@@H](Cc1ccc(O)cc1)C(=O)N[C@@H](CCC(=O)O)C(=O)N[C@@H](CCC(=O)O)C(=O)O. The smallest absolute Gasteiger partial charge is 0.326 e. The molecule has 0 heterocycles. The van der Waals surface area contributed by atoms with Crippen molar-refractivity contribution in [1.29, 1.82) is 0 Å². The van der Waals surface area contributed by atoms with Crippen LogP contribution in [0.2, 0.25) is 0 Å². The Morgan fingerprint density at radius 1 is 0.376 bits per heavy atom. The number of thioether (sulfide) groups is 1. The molecule has 0 aromatic heterocycles. The Morgan fingerprint density at radius 3 is 1.04 bits per heavy atom. The van der Waals surface area contributed by atoms with Gasteiger partial charge in [0.05, 0.1) is 12.5 Å². The van der Waals surface area contributed by atoms with Gasteiger partial charge in [0.2, 0.25) is 70.9 Å². The lowest BCUT2D eigenvalue weighted by molar-refractivity contribution is -0.144. The van der Waals surface area contributed by atoms with Crippen molar-refractivity contribution in [1.82, 2.24) is 58.5 Å². The molecule has 0 radical (unpaired) electrons. The van der Waals surface area contributed by atoms with Crippen LogP contribution in [-0.2, 0) is 92.7 Å². The highest BCUT2D eigenvalue weighted by atomic mass is 32.2. The second-order valence-corrected chi connectivity index (χ2v) is 27.9. The van der Waals surface area contributed by atoms with Gasteiger partial charge >= 0.3 is 35.8 Å². The highest BCUT2D eigenvalue weighted by Crippen LogP contribution is 2.17. The van der Waals surface area contributed by atoms with Crippen molar-refractivity contribution in [2.45, 2.75) is 230 Å². The number of benzene rings is 1. The van der Waals surface area contributed by atoms with Gasteiger partial charge in [-0.3, -0.25) is 86.5 Å². The maximum Gasteiger partial charge on any atom is 0.326 e. The molecule has 610 valence electrons. The normalized spacial score (nSPS) is 14.4. The minimum absolute atomic E-state index is 0.0118. The number of amides is 12. The number of hydrogen-bond acceptors (Lipinski definition) is 22. The molecule has 1 aromatic carbocycles. The monoisotopic (exact) mass is 1570 g/mol. The van der Waals surface area contributed by atoms with E-state index in [1.54, 1.807) is 47.8 Å². The third kappa shape index (κ3) is 40.6. The van der Waals surface area contributed by atoms with E-state index in [0.717, 1.165) is 0 Å². The molecule has 0 unspecified atom stereocenters. The van der Waals surface area contributed by atoms with Crippen LogP contribution in [0.1, 0.15) is 156 Å². The topological polar surface area (TPSA) is 698 Å². The van der Waals surface area contributed by atoms with E-state index in [0.29, 0.717) is 0 Å². The fraction of sp³-hybridized carbons (Fsp3) is 0.627. The van der Waals surface area contributed by atoms with Gasteiger partial charge < -0.3 is 117 Å². The second-order valence-electron chi connectivity index (χ2n) is 26.9. The summed E-state index contributed by atoms with van der Waals surface area (Å²) in [5, 5.41) is 93.2. The molecule has 12 atom stereocenters. The van der Waals surface area contributed by atoms with Crippen molar-refractivity contribution < 1.29 is 122 Å². The third-order valence-corrected chi connectivity index (χ3v) is 16.6. The first-order valence-electron chi connectivity index (χ1n) is 34.9. The summed E-state index contributed by atoms with van der Waals surface area (Å²) in [4.78, 5) is 242. The predicted molar refractivity (Wildman–Crippen MR) is 388 cm³/mol. The Labute approximate surface area is 632 Å². The van der Waals surface area contributed by atoms with Gasteiger partial charge in [-0.15, -0.1) is 0 Å². The fourth-order valence-corrected chi connectivity index (χ4v) is 10.9. The molecule has 0 aliphatic rings. The van der Waals surface area contributed by atoms with Crippen molar-refractivity contribution in [2.75, 3.05) is 18.6 Å². The molecule has 0 aliphatic heterocycles. The van der Waals surface area contributed by atoms with Gasteiger partial charge in [-0.2, -0.15) is 11.8 Å². The number of phenolic OH excluding ortho intramolecular Hbond substituents is 1. The van der Waals surface area contributed by atoms with Crippen LogP contribution in [0.3, 0.4) is 0 Å². The summed E-state index contributed by atoms with van der Waals surface area (Å²) in [6, 6.07) is -15.2. The Bertz CT molecular complexity index is 3360. The van der Waals surface area contributed by atoms with Crippen LogP contribution in [-0.4, -0.2) is 239 Å². The van der Waals surface area contributed by atoms with Crippen LogP contribution >= 0.6 is 11.8 Å². The number of guanidine groups is 1. The molecule has 1 rings (SSSR count). The first-order valence-corrected chi connectivity index (χ1v) is 36.3. The Kier molecular flexibility index (Phi) is 43.9. The molecule has 41 nitrogen and oxygen atoms in total. The average molecular weight is 1570 g/mol. The Hall–Kier alpha value is -10.9. The van der Waals surface area contributed by atoms with Crippen molar-refractivity contribution in [3.63, 3.8) is 0 Å². The number of primary amides is 1. The maximum atomic E-state index is 14.7. The molecular weight excluding hydrogens is 1460 g/mol. The minimum atomic E-state index is -2.17. The number of carboxylic acid groups (broad SMARTS) is 6. The number of aromatic hydroxyl groups is 1. The third-order valence-electron chi connectivity index (χ3n) is 16.0. The molecule has 42 heteroatoms. The standard InChI is InChI=1S/C67H106N16O25S/c1-32(2)27-44(81-60(101)42(24-26-109-7)77-63(104)46(29-34(5)6)80-59(100)40(16-21-51(88)89)73-55(96)37(68)14-20-50(86)87)61(102)74-38(9-8-25-72-67(70)71)56(97)79-45(28-33(3)4)62(103)75-39(15-19-49(69)85)58(99)83-48(31-54(94)95)65(106)82-47(30-35-10-12-36(84)13-11-35)64(105)76-41(17-22-52(90)91)57(98)78-43(66(107)108)18-23-53(92)93/h10-13,32-34,37-48,84H,8-9,14-31,68H2,1-7H3,(H2,69,85)(H,73,96)(H,74,102)(H,75,103)(H,76,105)(H,77,104)(H,78,98)(H,79,97)(H,80,100)(H,81,101)(H,82,106)(H,83,99)(H,86,87)(H,88,89)(H,90,91)(H,92,93)(H,94,95)(H,107,108)(H4,70,71,72)/t37-,38-,39-,40-,41-,42-,43-,44-,45-,46-,47-,48-/m0/s1. The molecule has 0 aliphatic carbocycles. The summed E-state index contributed by atoms with van der Waals surface area (Å²) in [5.41, 5.74) is 22.6. The van der Waals surface area contributed by atoms with Gasteiger partial charge in [0.25, 0.3) is 0 Å². The molecule has 26 N–H and O–H groups in total. The van der Waals surface area contributed by atoms with E-state index in [9.17, 15) is 112 Å². The molecule has 12 amide bonds. The summed E-state index contributed by atoms with van der Waals surface area (Å²) < 4.78 is 0. The highest BCUT2D eigenvalue weighted by molar-refractivity contribution is 7.98. The molecule has 0 saturated heterocycles. The zero-order valence-corrected chi connectivity index (χ0v) is 62.6. The average Bonchev–Trinajstić information content (AvgIpc) is 0.853. The Balaban J connectivity index is 3.83. The number of aliphatic imine (C=N–C) groups is 1. The number of carbonyl (C=O) groups excluding carboxylic acids is 12. The van der Waals surface area contributed by atoms with Crippen LogP contribution in [0, 0.1) is 17.8 Å². The molecule has 0 bridgehead atoms. The quantitative estimate of drug-likeness (QED) is 0.0167. The summed E-state index contributed by atoms with van der Waals surface area (Å²) >= 11 is 1.28. The fourth-order valence-electron chi connectivity index (χ4n) is 10.4. The van der Waals surface area contributed by atoms with Gasteiger partial charge in [-0.1, -0.05) is 53.7 Å². The summed E-state index contributed by atoms with van der Waals surface area (Å²) in [7, 11) is 0. The number of carboxylic acids is 6. The summed E-state index contributed by atoms with van der Waals surface area (Å²) in [5.74, 6) is -23.7. The maximum absolute atomic E-state index is 14.7. The van der Waals surface area contributed by atoms with E-state index >= 15 is 0 Å². The number of hydrogen-bond donors (Lipinski definition) is 22. The van der Waals surface area contributed by atoms with Gasteiger partial charge in [-0.25, -0.2) is 4.79 Å². The summed E-state index contributed by atoms with van der Waals surface area (Å²) in [6.07, 6.45) is -6.90. The van der Waals surface area contributed by atoms with Gasteiger partial charge in [-0.05, 0) is 118 Å². The van der Waals surface area contributed by atoms with Crippen LogP contribution in [0.15, 0.2) is 29.3 Å². The number of carbonyl (C=O) groups is 18. The first-order chi connectivity index (χ1) is 50.9. The van der Waals surface area contributed by atoms with Crippen LogP contribution < -0.4 is 81.4 Å². The molecule has 1 aromatic rings. The van der Waals surface area contributed by atoms with Crippen molar-refractivity contribution in [3.05, 3.63) is 29.8 Å². The van der Waals surface area contributed by atoms with Gasteiger partial charge in [0.1, 0.15) is 72.2 Å². The van der Waals surface area contributed by atoms with E-state index in [1.807, 2.05) is 5.32 Å². The van der Waals surface area contributed by atoms with Gasteiger partial charge in [0, 0.05) is 45.1 Å². The lowest BCUT2D eigenvalue weighted by Crippen LogP contribution is -2.61. The Morgan fingerprint density at radius 2 is 0.679 bits per heavy atom. The second kappa shape index (κ2) is 49.8. The number of nitrogens with one attached hydrogen (secondary N) is 11. The minimum Gasteiger partial charge on any atom is -0.508 e. The van der Waals surface area contributed by atoms with E-state index in [1.165, 1.54) is 36.0 Å². The van der Waals surface area contributed by atoms with Crippen molar-refractivity contribution >= 4 is 124 Å². The van der Waals surface area contributed by atoms with E-state index in [2.05, 4.69) is 58.2 Å². The van der Waals surface area contributed by atoms with Crippen molar-refractivity contribution in [2.24, 2.45) is 45.7 Å². The zero-order chi connectivity index (χ0) is 82.9. The predicted octanol–water partition coefficient (Wildman–Crippen LogP) is -4.18. The van der Waals surface area contributed by atoms with E-state index in [-0.39, 0.29) is 86.4 Å². The number of nitrogens with zero attached hydrogens (tertiary/aromatic N) is 1. The molecule has 0 saturated carbocycles. The zero-order valence-electron chi connectivity index (χ0n) is 61.8. The van der Waals surface area contributed by atoms with Gasteiger partial charge in [0.15, 0.2) is 5.96 Å². The molecule has 0 fully saturated rings. The molecule has 0 spiro atoms. The van der Waals surface area contributed by atoms with E-state index in [4.69, 9.17) is 33.1 Å².